The van der Waals surface area contributed by atoms with Crippen molar-refractivity contribution in [3.8, 4) is 17.2 Å². The minimum absolute atomic E-state index is 0.282. The highest BCUT2D eigenvalue weighted by molar-refractivity contribution is 5.88. The fourth-order valence-corrected chi connectivity index (χ4v) is 2.62. The summed E-state index contributed by atoms with van der Waals surface area (Å²) >= 11 is 0. The van der Waals surface area contributed by atoms with Gasteiger partial charge in [-0.3, -0.25) is 0 Å². The smallest absolute Gasteiger partial charge is 0.344 e. The van der Waals surface area contributed by atoms with Gasteiger partial charge in [-0.15, -0.1) is 6.58 Å². The molecule has 0 unspecified atom stereocenters. The van der Waals surface area contributed by atoms with Crippen LogP contribution in [0, 0.1) is 6.07 Å². The Morgan fingerprint density at radius 3 is 2.19 bits per heavy atom. The Balaban J connectivity index is 1.81. The van der Waals surface area contributed by atoms with E-state index in [-0.39, 0.29) is 5.56 Å². The molecule has 126 valence electrons. The number of nitrogens with zero attached hydrogens (tertiary/aromatic N) is 1. The molecule has 0 amide bonds. The molecule has 3 nitrogen and oxygen atoms in total. The summed E-state index contributed by atoms with van der Waals surface area (Å²) in [6.07, 6.45) is 2.63. The molecular formula is C23H18NO2+. The van der Waals surface area contributed by atoms with E-state index in [1.54, 1.807) is 12.1 Å². The molecule has 0 fully saturated rings. The SMILES string of the molecule is C=CCc1ccccc1[N+]#Cc1ccc(-c2ccc(C(=O)O)cc2)cc1. The first-order valence-electron chi connectivity index (χ1n) is 8.27. The summed E-state index contributed by atoms with van der Waals surface area (Å²) < 4.78 is 0. The number of carboxylic acid groups (broad SMARTS) is 1. The average molecular weight is 340 g/mol. The largest absolute Gasteiger partial charge is 0.478 e. The molecule has 0 aliphatic carbocycles. The molecular weight excluding hydrogens is 322 g/mol. The summed E-state index contributed by atoms with van der Waals surface area (Å²) in [5, 5.41) is 8.96. The van der Waals surface area contributed by atoms with Gasteiger partial charge in [-0.1, -0.05) is 48.5 Å². The molecule has 0 spiro atoms. The van der Waals surface area contributed by atoms with Crippen molar-refractivity contribution in [2.75, 3.05) is 0 Å². The second-order valence-electron chi connectivity index (χ2n) is 5.80. The van der Waals surface area contributed by atoms with E-state index in [0.29, 0.717) is 0 Å². The highest BCUT2D eigenvalue weighted by Crippen LogP contribution is 2.22. The van der Waals surface area contributed by atoms with Crippen LogP contribution in [0.25, 0.3) is 16.0 Å². The van der Waals surface area contributed by atoms with Crippen molar-refractivity contribution in [2.45, 2.75) is 6.42 Å². The van der Waals surface area contributed by atoms with Crippen molar-refractivity contribution in [2.24, 2.45) is 0 Å². The lowest BCUT2D eigenvalue weighted by atomic mass is 10.0. The molecule has 0 atom stereocenters. The number of allylic oxidation sites excluding steroid dienone is 1. The van der Waals surface area contributed by atoms with E-state index in [9.17, 15) is 4.79 Å². The van der Waals surface area contributed by atoms with Gasteiger partial charge in [0.25, 0.3) is 0 Å². The Bertz CT molecular complexity index is 991. The number of para-hydroxylation sites is 1. The number of carbonyl (C=O) groups is 1. The zero-order valence-electron chi connectivity index (χ0n) is 14.2. The van der Waals surface area contributed by atoms with E-state index < -0.39 is 5.97 Å². The third-order valence-corrected chi connectivity index (χ3v) is 4.01. The first-order chi connectivity index (χ1) is 12.7. The summed E-state index contributed by atoms with van der Waals surface area (Å²) in [5.74, 6) is -0.922. The van der Waals surface area contributed by atoms with Crippen LogP contribution in [-0.4, -0.2) is 11.1 Å². The monoisotopic (exact) mass is 340 g/mol. The van der Waals surface area contributed by atoms with Gasteiger partial charge in [0.15, 0.2) is 0 Å². The second-order valence-corrected chi connectivity index (χ2v) is 5.80. The van der Waals surface area contributed by atoms with Crippen molar-refractivity contribution in [3.63, 3.8) is 0 Å². The van der Waals surface area contributed by atoms with E-state index >= 15 is 0 Å². The maximum Gasteiger partial charge on any atom is 0.344 e. The van der Waals surface area contributed by atoms with Crippen molar-refractivity contribution in [3.05, 3.63) is 107 Å². The molecule has 3 rings (SSSR count). The van der Waals surface area contributed by atoms with Crippen LogP contribution in [-0.2, 0) is 6.42 Å². The maximum absolute atomic E-state index is 10.9. The normalized spacial score (nSPS) is 9.85. The zero-order valence-corrected chi connectivity index (χ0v) is 14.2. The Morgan fingerprint density at radius 2 is 1.58 bits per heavy atom. The van der Waals surface area contributed by atoms with E-state index in [4.69, 9.17) is 5.11 Å². The predicted octanol–water partition coefficient (Wildman–Crippen LogP) is 5.79. The van der Waals surface area contributed by atoms with E-state index in [2.05, 4.69) is 17.5 Å². The average Bonchev–Trinajstić information content (AvgIpc) is 2.68. The Kier molecular flexibility index (Phi) is 5.26. The minimum Gasteiger partial charge on any atom is -0.478 e. The van der Waals surface area contributed by atoms with Crippen LogP contribution < -0.4 is 0 Å². The standard InChI is InChI=1S/C23H17NO2/c1-2-5-20-6-3-4-7-22(20)24-16-17-8-10-18(11-9-17)19-12-14-21(15-13-19)23(25)26/h2-4,6-15H,1,5H2/p+1. The summed E-state index contributed by atoms with van der Waals surface area (Å²) in [5.41, 5.74) is 5.15. The van der Waals surface area contributed by atoms with Gasteiger partial charge < -0.3 is 5.11 Å². The first kappa shape index (κ1) is 17.2. The molecule has 3 heteroatoms. The molecule has 0 bridgehead atoms. The van der Waals surface area contributed by atoms with Gasteiger partial charge in [-0.2, -0.15) is 0 Å². The van der Waals surface area contributed by atoms with Crippen LogP contribution in [0.4, 0.5) is 5.69 Å². The van der Waals surface area contributed by atoms with Gasteiger partial charge in [0.05, 0.1) is 5.56 Å². The van der Waals surface area contributed by atoms with Gasteiger partial charge in [0.1, 0.15) is 5.56 Å². The van der Waals surface area contributed by atoms with Crippen molar-refractivity contribution < 1.29 is 9.90 Å². The number of aromatic carboxylic acids is 1. The van der Waals surface area contributed by atoms with Crippen molar-refractivity contribution >= 4 is 11.7 Å². The highest BCUT2D eigenvalue weighted by atomic mass is 16.4. The number of hydrogen-bond acceptors (Lipinski definition) is 1. The number of hydrogen-bond donors (Lipinski definition) is 1. The molecule has 0 heterocycles. The van der Waals surface area contributed by atoms with Crippen LogP contribution in [0.2, 0.25) is 0 Å². The predicted molar refractivity (Wildman–Crippen MR) is 105 cm³/mol. The molecule has 26 heavy (non-hydrogen) atoms. The van der Waals surface area contributed by atoms with E-state index in [0.717, 1.165) is 34.4 Å². The quantitative estimate of drug-likeness (QED) is 0.610. The molecule has 0 saturated carbocycles. The lowest BCUT2D eigenvalue weighted by molar-refractivity contribution is 0.0697. The molecule has 1 N–H and O–H groups in total. The molecule has 3 aromatic rings. The Hall–Kier alpha value is -3.64. The summed E-state index contributed by atoms with van der Waals surface area (Å²) in [4.78, 5) is 15.4. The number of benzene rings is 3. The van der Waals surface area contributed by atoms with Crippen LogP contribution >= 0.6 is 0 Å². The Morgan fingerprint density at radius 1 is 0.962 bits per heavy atom. The van der Waals surface area contributed by atoms with Crippen molar-refractivity contribution in [1.82, 2.24) is 0 Å². The third kappa shape index (κ3) is 4.06. The Labute approximate surface area is 152 Å². The van der Waals surface area contributed by atoms with Gasteiger partial charge in [-0.05, 0) is 46.7 Å². The summed E-state index contributed by atoms with van der Waals surface area (Å²) in [6, 6.07) is 25.7. The van der Waals surface area contributed by atoms with Crippen LogP contribution in [0.3, 0.4) is 0 Å². The minimum atomic E-state index is -0.922. The molecule has 0 aliphatic rings. The molecule has 0 aliphatic heterocycles. The lowest BCUT2D eigenvalue weighted by Gasteiger charge is -2.01. The molecule has 0 aromatic heterocycles. The molecule has 3 aromatic carbocycles. The fourth-order valence-electron chi connectivity index (χ4n) is 2.62. The third-order valence-electron chi connectivity index (χ3n) is 4.01. The fraction of sp³-hybridized carbons (Fsp3) is 0.0435. The topological polar surface area (TPSA) is 41.7 Å². The van der Waals surface area contributed by atoms with Gasteiger partial charge in [0.2, 0.25) is 0 Å². The van der Waals surface area contributed by atoms with E-state index in [1.165, 1.54) is 0 Å². The lowest BCUT2D eigenvalue weighted by Crippen LogP contribution is -1.94. The maximum atomic E-state index is 10.9. The second kappa shape index (κ2) is 7.96. The van der Waals surface area contributed by atoms with Crippen LogP contribution in [0.15, 0.2) is 85.5 Å². The van der Waals surface area contributed by atoms with Crippen LogP contribution in [0.5, 0.6) is 0 Å². The van der Waals surface area contributed by atoms with Crippen LogP contribution in [0.1, 0.15) is 21.5 Å². The molecule has 0 saturated heterocycles. The zero-order chi connectivity index (χ0) is 18.4. The van der Waals surface area contributed by atoms with E-state index in [1.807, 2.05) is 66.7 Å². The van der Waals surface area contributed by atoms with Gasteiger partial charge >= 0.3 is 17.7 Å². The van der Waals surface area contributed by atoms with Gasteiger partial charge in [-0.25, -0.2) is 4.79 Å². The number of rotatable bonds is 4. The molecule has 0 radical (unpaired) electrons. The summed E-state index contributed by atoms with van der Waals surface area (Å²) in [7, 11) is 0. The summed E-state index contributed by atoms with van der Waals surface area (Å²) in [6.45, 7) is 3.77. The first-order valence-corrected chi connectivity index (χ1v) is 8.27. The number of carboxylic acids is 1. The highest BCUT2D eigenvalue weighted by Gasteiger charge is 2.08. The van der Waals surface area contributed by atoms with Crippen molar-refractivity contribution in [1.29, 1.82) is 0 Å². The van der Waals surface area contributed by atoms with Gasteiger partial charge in [0, 0.05) is 11.6 Å².